The number of amides is 2. The van der Waals surface area contributed by atoms with Crippen molar-refractivity contribution in [3.05, 3.63) is 58.1 Å². The van der Waals surface area contributed by atoms with E-state index in [-0.39, 0.29) is 23.3 Å². The third-order valence-corrected chi connectivity index (χ3v) is 6.93. The Morgan fingerprint density at radius 3 is 2.72 bits per heavy atom. The van der Waals surface area contributed by atoms with Crippen molar-refractivity contribution in [2.75, 3.05) is 13.1 Å². The maximum atomic E-state index is 12.5. The second-order valence-corrected chi connectivity index (χ2v) is 9.17. The Morgan fingerprint density at radius 2 is 2.03 bits per heavy atom. The van der Waals surface area contributed by atoms with Crippen molar-refractivity contribution in [2.24, 2.45) is 5.41 Å². The van der Waals surface area contributed by atoms with Crippen molar-refractivity contribution in [1.29, 1.82) is 0 Å². The van der Waals surface area contributed by atoms with Crippen LogP contribution in [-0.2, 0) is 16.0 Å². The largest absolute Gasteiger partial charge is 0.349 e. The molecule has 1 aromatic heterocycles. The molecule has 2 aromatic rings. The molecule has 1 saturated heterocycles. The molecule has 1 saturated carbocycles. The van der Waals surface area contributed by atoms with E-state index in [2.05, 4.69) is 10.3 Å². The SMILES string of the molecule is Cc1nc(CCC(=O)N2CCC3(CC2)CC3NC(=O)C=Cc2ccccc2)cs1. The molecule has 4 rings (SSSR count). The molecule has 152 valence electrons. The lowest BCUT2D eigenvalue weighted by Gasteiger charge is -2.33. The molecule has 2 aliphatic rings. The Balaban J connectivity index is 1.20. The van der Waals surface area contributed by atoms with Crippen LogP contribution in [0.3, 0.4) is 0 Å². The minimum Gasteiger partial charge on any atom is -0.349 e. The van der Waals surface area contributed by atoms with E-state index in [4.69, 9.17) is 0 Å². The van der Waals surface area contributed by atoms with Crippen LogP contribution in [0.25, 0.3) is 6.08 Å². The summed E-state index contributed by atoms with van der Waals surface area (Å²) < 4.78 is 0. The predicted molar refractivity (Wildman–Crippen MR) is 115 cm³/mol. The molecule has 5 nitrogen and oxygen atoms in total. The highest BCUT2D eigenvalue weighted by Gasteiger charge is 2.55. The van der Waals surface area contributed by atoms with Crippen molar-refractivity contribution in [3.8, 4) is 0 Å². The van der Waals surface area contributed by atoms with Crippen molar-refractivity contribution >= 4 is 29.2 Å². The monoisotopic (exact) mass is 409 g/mol. The van der Waals surface area contributed by atoms with Gasteiger partial charge in [0.15, 0.2) is 0 Å². The van der Waals surface area contributed by atoms with Gasteiger partial charge in [-0.05, 0) is 49.7 Å². The smallest absolute Gasteiger partial charge is 0.244 e. The zero-order valence-electron chi connectivity index (χ0n) is 16.8. The molecule has 0 bridgehead atoms. The van der Waals surface area contributed by atoms with E-state index in [9.17, 15) is 9.59 Å². The summed E-state index contributed by atoms with van der Waals surface area (Å²) in [6.07, 6.45) is 7.68. The van der Waals surface area contributed by atoms with Crippen LogP contribution >= 0.6 is 11.3 Å². The van der Waals surface area contributed by atoms with Gasteiger partial charge >= 0.3 is 0 Å². The Labute approximate surface area is 175 Å². The number of rotatable bonds is 6. The minimum absolute atomic E-state index is 0.0345. The van der Waals surface area contributed by atoms with Crippen molar-refractivity contribution in [1.82, 2.24) is 15.2 Å². The van der Waals surface area contributed by atoms with Crippen LogP contribution < -0.4 is 5.32 Å². The molecule has 1 atom stereocenters. The fourth-order valence-corrected chi connectivity index (χ4v) is 4.82. The van der Waals surface area contributed by atoms with E-state index in [0.29, 0.717) is 6.42 Å². The Kier molecular flexibility index (Phi) is 5.81. The summed E-state index contributed by atoms with van der Waals surface area (Å²) in [6, 6.07) is 10.1. The minimum atomic E-state index is -0.0345. The number of thiazole rings is 1. The quantitative estimate of drug-likeness (QED) is 0.742. The van der Waals surface area contributed by atoms with Gasteiger partial charge in [0.1, 0.15) is 0 Å². The maximum Gasteiger partial charge on any atom is 0.244 e. The number of hydrogen-bond acceptors (Lipinski definition) is 4. The van der Waals surface area contributed by atoms with Gasteiger partial charge in [-0.15, -0.1) is 11.3 Å². The number of aromatic nitrogens is 1. The average Bonchev–Trinajstić information content (AvgIpc) is 3.19. The zero-order chi connectivity index (χ0) is 20.3. The number of benzene rings is 1. The number of piperidine rings is 1. The van der Waals surface area contributed by atoms with Crippen LogP contribution in [-0.4, -0.2) is 40.8 Å². The number of aryl methyl sites for hydroxylation is 2. The van der Waals surface area contributed by atoms with Crippen LogP contribution in [0.2, 0.25) is 0 Å². The highest BCUT2D eigenvalue weighted by Crippen LogP contribution is 2.53. The summed E-state index contributed by atoms with van der Waals surface area (Å²) >= 11 is 1.63. The molecule has 1 N–H and O–H groups in total. The summed E-state index contributed by atoms with van der Waals surface area (Å²) in [5.74, 6) is 0.185. The first-order valence-corrected chi connectivity index (χ1v) is 11.1. The van der Waals surface area contributed by atoms with Crippen LogP contribution in [0.5, 0.6) is 0 Å². The van der Waals surface area contributed by atoms with Gasteiger partial charge in [-0.25, -0.2) is 4.98 Å². The first kappa shape index (κ1) is 19.8. The lowest BCUT2D eigenvalue weighted by Crippen LogP contribution is -2.41. The molecule has 1 aliphatic carbocycles. The standard InChI is InChI=1S/C23H27N3O2S/c1-17-24-19(16-29-17)8-10-22(28)26-13-11-23(12-14-26)15-20(23)25-21(27)9-7-18-5-3-2-4-6-18/h2-7,9,16,20H,8,10-15H2,1H3,(H,25,27). The summed E-state index contributed by atoms with van der Waals surface area (Å²) in [4.78, 5) is 31.1. The van der Waals surface area contributed by atoms with Gasteiger partial charge < -0.3 is 10.2 Å². The molecule has 0 radical (unpaired) electrons. The van der Waals surface area contributed by atoms with Crippen molar-refractivity contribution < 1.29 is 9.59 Å². The fraction of sp³-hybridized carbons (Fsp3) is 0.435. The fourth-order valence-electron chi connectivity index (χ4n) is 4.18. The number of nitrogens with one attached hydrogen (secondary N) is 1. The third-order valence-electron chi connectivity index (χ3n) is 6.11. The molecule has 29 heavy (non-hydrogen) atoms. The Morgan fingerprint density at radius 1 is 1.28 bits per heavy atom. The normalized spacial score (nSPS) is 20.2. The first-order chi connectivity index (χ1) is 14.0. The highest BCUT2D eigenvalue weighted by molar-refractivity contribution is 7.09. The van der Waals surface area contributed by atoms with E-state index < -0.39 is 0 Å². The van der Waals surface area contributed by atoms with Crippen LogP contribution in [0, 0.1) is 12.3 Å². The van der Waals surface area contributed by atoms with Gasteiger partial charge in [0, 0.05) is 37.0 Å². The number of carbonyl (C=O) groups excluding carboxylic acids is 2. The number of carbonyl (C=O) groups is 2. The maximum absolute atomic E-state index is 12.5. The third kappa shape index (κ3) is 4.93. The summed E-state index contributed by atoms with van der Waals surface area (Å²) in [5, 5.41) is 6.23. The topological polar surface area (TPSA) is 62.3 Å². The Hall–Kier alpha value is -2.47. The van der Waals surface area contributed by atoms with Crippen LogP contribution in [0.15, 0.2) is 41.8 Å². The van der Waals surface area contributed by atoms with Gasteiger partial charge in [-0.2, -0.15) is 0 Å². The van der Waals surface area contributed by atoms with E-state index in [1.807, 2.05) is 53.6 Å². The number of likely N-dealkylation sites (tertiary alicyclic amines) is 1. The van der Waals surface area contributed by atoms with E-state index in [1.54, 1.807) is 17.4 Å². The van der Waals surface area contributed by atoms with Gasteiger partial charge in [0.2, 0.25) is 11.8 Å². The number of nitrogens with zero attached hydrogens (tertiary/aromatic N) is 2. The molecule has 2 heterocycles. The van der Waals surface area contributed by atoms with Gasteiger partial charge in [0.25, 0.3) is 0 Å². The summed E-state index contributed by atoms with van der Waals surface area (Å²) in [5.41, 5.74) is 2.23. The first-order valence-electron chi connectivity index (χ1n) is 10.3. The van der Waals surface area contributed by atoms with E-state index >= 15 is 0 Å². The van der Waals surface area contributed by atoms with Crippen LogP contribution in [0.1, 0.15) is 41.9 Å². The van der Waals surface area contributed by atoms with E-state index in [1.165, 1.54) is 0 Å². The Bertz CT molecular complexity index is 898. The van der Waals surface area contributed by atoms with Crippen LogP contribution in [0.4, 0.5) is 0 Å². The molecule has 1 unspecified atom stereocenters. The highest BCUT2D eigenvalue weighted by atomic mass is 32.1. The molecule has 1 aromatic carbocycles. The lowest BCUT2D eigenvalue weighted by molar-refractivity contribution is -0.132. The predicted octanol–water partition coefficient (Wildman–Crippen LogP) is 3.59. The average molecular weight is 410 g/mol. The van der Waals surface area contributed by atoms with Crippen molar-refractivity contribution in [2.45, 2.75) is 45.1 Å². The lowest BCUT2D eigenvalue weighted by atomic mass is 9.92. The summed E-state index contributed by atoms with van der Waals surface area (Å²) in [6.45, 7) is 3.57. The number of hydrogen-bond donors (Lipinski definition) is 1. The van der Waals surface area contributed by atoms with E-state index in [0.717, 1.165) is 55.0 Å². The second kappa shape index (κ2) is 8.49. The molecule has 1 aliphatic heterocycles. The molecular weight excluding hydrogens is 382 g/mol. The second-order valence-electron chi connectivity index (χ2n) is 8.11. The zero-order valence-corrected chi connectivity index (χ0v) is 17.6. The molecule has 1 spiro atoms. The van der Waals surface area contributed by atoms with Gasteiger partial charge in [-0.1, -0.05) is 30.3 Å². The molecule has 2 fully saturated rings. The summed E-state index contributed by atoms with van der Waals surface area (Å²) in [7, 11) is 0. The van der Waals surface area contributed by atoms with Gasteiger partial charge in [0.05, 0.1) is 10.7 Å². The molecule has 2 amide bonds. The molecule has 6 heteroatoms. The van der Waals surface area contributed by atoms with Crippen molar-refractivity contribution in [3.63, 3.8) is 0 Å². The molecular formula is C23H27N3O2S. The van der Waals surface area contributed by atoms with Gasteiger partial charge in [-0.3, -0.25) is 9.59 Å².